The Morgan fingerprint density at radius 1 is 0.741 bits per heavy atom. The molecule has 1 aromatic heterocycles. The summed E-state index contributed by atoms with van der Waals surface area (Å²) in [5, 5.41) is 23.2. The highest BCUT2D eigenvalue weighted by Gasteiger charge is 2.38. The van der Waals surface area contributed by atoms with Crippen LogP contribution in [0.25, 0.3) is 0 Å². The molecule has 3 rings (SSSR count). The van der Waals surface area contributed by atoms with E-state index in [2.05, 4.69) is 31.9 Å². The molecule has 0 saturated carbocycles. The molecule has 0 amide bonds. The SMILES string of the molecule is O=[N+]([O-])c1c(Sc2ccccc2Br)sc(Sc2ccccc2Br)c1[N+](=O)[O-]. The number of thiophene rings is 1. The molecular weight excluding hydrogens is 540 g/mol. The Balaban J connectivity index is 2.11. The number of rotatable bonds is 6. The molecule has 11 heteroatoms. The maximum atomic E-state index is 11.6. The summed E-state index contributed by atoms with van der Waals surface area (Å²) in [7, 11) is 0. The van der Waals surface area contributed by atoms with Gasteiger partial charge in [0.2, 0.25) is 0 Å². The van der Waals surface area contributed by atoms with Crippen molar-refractivity contribution in [1.29, 1.82) is 0 Å². The smallest absolute Gasteiger partial charge is 0.258 e. The summed E-state index contributed by atoms with van der Waals surface area (Å²) in [5.74, 6) is 0. The lowest BCUT2D eigenvalue weighted by Gasteiger charge is -2.01. The zero-order valence-corrected chi connectivity index (χ0v) is 18.7. The second-order valence-electron chi connectivity index (χ2n) is 4.95. The normalized spacial score (nSPS) is 10.7. The van der Waals surface area contributed by atoms with Gasteiger partial charge in [-0.3, -0.25) is 20.2 Å². The number of nitrogens with zero attached hydrogens (tertiary/aromatic N) is 2. The monoisotopic (exact) mass is 546 g/mol. The van der Waals surface area contributed by atoms with E-state index in [0.717, 1.165) is 53.6 Å². The fourth-order valence-electron chi connectivity index (χ4n) is 2.09. The Bertz CT molecular complexity index is 962. The van der Waals surface area contributed by atoms with Gasteiger partial charge in [0.05, 0.1) is 9.85 Å². The highest BCUT2D eigenvalue weighted by atomic mass is 79.9. The molecule has 2 aromatic carbocycles. The van der Waals surface area contributed by atoms with Gasteiger partial charge in [-0.1, -0.05) is 47.8 Å². The molecule has 0 fully saturated rings. The number of benzene rings is 2. The molecule has 0 N–H and O–H groups in total. The van der Waals surface area contributed by atoms with Crippen LogP contribution in [0.2, 0.25) is 0 Å². The van der Waals surface area contributed by atoms with Gasteiger partial charge >= 0.3 is 11.4 Å². The minimum atomic E-state index is -0.683. The molecule has 0 aliphatic carbocycles. The van der Waals surface area contributed by atoms with Crippen LogP contribution >= 0.6 is 66.7 Å². The molecule has 0 saturated heterocycles. The van der Waals surface area contributed by atoms with Crippen LogP contribution < -0.4 is 0 Å². The van der Waals surface area contributed by atoms with Crippen molar-refractivity contribution in [3.05, 3.63) is 77.7 Å². The van der Waals surface area contributed by atoms with Crippen LogP contribution in [0, 0.1) is 20.2 Å². The van der Waals surface area contributed by atoms with Crippen molar-refractivity contribution in [3.63, 3.8) is 0 Å². The molecule has 138 valence electrons. The van der Waals surface area contributed by atoms with E-state index in [0.29, 0.717) is 0 Å². The Morgan fingerprint density at radius 2 is 1.11 bits per heavy atom. The minimum Gasteiger partial charge on any atom is -0.258 e. The molecule has 0 radical (unpaired) electrons. The summed E-state index contributed by atoms with van der Waals surface area (Å²) in [6, 6.07) is 14.5. The molecule has 3 aromatic rings. The van der Waals surface area contributed by atoms with Crippen molar-refractivity contribution in [1.82, 2.24) is 0 Å². The van der Waals surface area contributed by atoms with Crippen molar-refractivity contribution >= 4 is 78.1 Å². The van der Waals surface area contributed by atoms with Crippen LogP contribution in [-0.4, -0.2) is 9.85 Å². The Labute approximate surface area is 182 Å². The topological polar surface area (TPSA) is 86.3 Å². The van der Waals surface area contributed by atoms with Crippen molar-refractivity contribution < 1.29 is 9.85 Å². The van der Waals surface area contributed by atoms with Gasteiger partial charge in [0, 0.05) is 18.7 Å². The van der Waals surface area contributed by atoms with Gasteiger partial charge in [0.25, 0.3) is 0 Å². The van der Waals surface area contributed by atoms with E-state index in [1.54, 1.807) is 24.3 Å². The summed E-state index contributed by atoms with van der Waals surface area (Å²) in [6.07, 6.45) is 0. The average Bonchev–Trinajstić information content (AvgIpc) is 2.97. The van der Waals surface area contributed by atoms with Crippen LogP contribution in [-0.2, 0) is 0 Å². The van der Waals surface area contributed by atoms with Gasteiger partial charge in [0.1, 0.15) is 0 Å². The highest BCUT2D eigenvalue weighted by molar-refractivity contribution is 9.10. The average molecular weight is 548 g/mol. The first-order chi connectivity index (χ1) is 12.9. The van der Waals surface area contributed by atoms with Crippen LogP contribution in [0.1, 0.15) is 0 Å². The zero-order valence-electron chi connectivity index (χ0n) is 13.1. The van der Waals surface area contributed by atoms with Gasteiger partial charge < -0.3 is 0 Å². The molecule has 0 bridgehead atoms. The second kappa shape index (κ2) is 8.74. The third kappa shape index (κ3) is 4.54. The predicted octanol–water partition coefficient (Wildman–Crippen LogP) is 7.39. The third-order valence-corrected chi connectivity index (χ3v) is 8.81. The fraction of sp³-hybridized carbons (Fsp3) is 0. The van der Waals surface area contributed by atoms with E-state index in [1.807, 2.05) is 24.3 Å². The van der Waals surface area contributed by atoms with Crippen LogP contribution in [0.15, 0.2) is 75.7 Å². The molecule has 0 aliphatic heterocycles. The van der Waals surface area contributed by atoms with Crippen LogP contribution in [0.3, 0.4) is 0 Å². The standard InChI is InChI=1S/C16H8Br2N2O4S3/c17-9-5-1-3-7-11(9)25-15-13(19(21)22)14(20(23)24)16(27-15)26-12-8-4-2-6-10(12)18/h1-8H. The first-order valence-electron chi connectivity index (χ1n) is 7.18. The highest BCUT2D eigenvalue weighted by Crippen LogP contribution is 2.54. The molecule has 6 nitrogen and oxygen atoms in total. The molecule has 27 heavy (non-hydrogen) atoms. The van der Waals surface area contributed by atoms with Crippen molar-refractivity contribution in [2.45, 2.75) is 18.2 Å². The maximum absolute atomic E-state index is 11.6. The molecular formula is C16H8Br2N2O4S3. The zero-order chi connectivity index (χ0) is 19.6. The number of halogens is 2. The first kappa shape index (κ1) is 20.3. The minimum absolute atomic E-state index is 0.271. The second-order valence-corrected chi connectivity index (χ2v) is 10.3. The predicted molar refractivity (Wildman–Crippen MR) is 114 cm³/mol. The Hall–Kier alpha value is -1.40. The molecule has 0 atom stereocenters. The molecule has 1 heterocycles. The van der Waals surface area contributed by atoms with Crippen molar-refractivity contribution in [2.24, 2.45) is 0 Å². The molecule has 0 aliphatic rings. The van der Waals surface area contributed by atoms with Crippen LogP contribution in [0.5, 0.6) is 0 Å². The van der Waals surface area contributed by atoms with Crippen molar-refractivity contribution in [3.8, 4) is 0 Å². The lowest BCUT2D eigenvalue weighted by molar-refractivity contribution is -0.425. The summed E-state index contributed by atoms with van der Waals surface area (Å²) >= 11 is 10.1. The largest absolute Gasteiger partial charge is 0.371 e. The van der Waals surface area contributed by atoms with Crippen LogP contribution in [0.4, 0.5) is 11.4 Å². The lowest BCUT2D eigenvalue weighted by atomic mass is 10.4. The summed E-state index contributed by atoms with van der Waals surface area (Å²) in [6.45, 7) is 0. The summed E-state index contributed by atoms with van der Waals surface area (Å²) < 4.78 is 2.07. The summed E-state index contributed by atoms with van der Waals surface area (Å²) in [5.41, 5.74) is -0.944. The van der Waals surface area contributed by atoms with E-state index < -0.39 is 21.2 Å². The van der Waals surface area contributed by atoms with Gasteiger partial charge in [0.15, 0.2) is 8.42 Å². The van der Waals surface area contributed by atoms with E-state index in [4.69, 9.17) is 0 Å². The first-order valence-corrected chi connectivity index (χ1v) is 11.2. The maximum Gasteiger partial charge on any atom is 0.371 e. The number of hydrogen-bond donors (Lipinski definition) is 0. The van der Waals surface area contributed by atoms with Gasteiger partial charge in [-0.2, -0.15) is 0 Å². The number of nitro groups is 2. The molecule has 0 unspecified atom stereocenters. The molecule has 0 spiro atoms. The van der Waals surface area contributed by atoms with E-state index in [-0.39, 0.29) is 8.42 Å². The third-order valence-electron chi connectivity index (χ3n) is 3.24. The van der Waals surface area contributed by atoms with E-state index >= 15 is 0 Å². The van der Waals surface area contributed by atoms with E-state index in [1.165, 1.54) is 0 Å². The fourth-order valence-corrected chi connectivity index (χ4v) is 6.94. The van der Waals surface area contributed by atoms with Gasteiger partial charge in [-0.05, 0) is 56.1 Å². The number of hydrogen-bond acceptors (Lipinski definition) is 7. The van der Waals surface area contributed by atoms with Gasteiger partial charge in [-0.25, -0.2) is 0 Å². The van der Waals surface area contributed by atoms with E-state index in [9.17, 15) is 20.2 Å². The Kier molecular flexibility index (Phi) is 6.58. The van der Waals surface area contributed by atoms with Crippen molar-refractivity contribution in [2.75, 3.05) is 0 Å². The van der Waals surface area contributed by atoms with Gasteiger partial charge in [-0.15, -0.1) is 11.3 Å². The Morgan fingerprint density at radius 3 is 1.44 bits per heavy atom. The lowest BCUT2D eigenvalue weighted by Crippen LogP contribution is -1.95. The quantitative estimate of drug-likeness (QED) is 0.236. The summed E-state index contributed by atoms with van der Waals surface area (Å²) in [4.78, 5) is 23.4.